The van der Waals surface area contributed by atoms with E-state index in [-0.39, 0.29) is 76.6 Å². The molecule has 4 fully saturated rings. The average Bonchev–Trinajstić information content (AvgIpc) is 3.70. The lowest BCUT2D eigenvalue weighted by Gasteiger charge is -2.71. The summed E-state index contributed by atoms with van der Waals surface area (Å²) in [5, 5.41) is 10.5. The molecule has 4 saturated carbocycles. The minimum atomic E-state index is -0.469. The number of nitrogens with zero attached hydrogens (tertiary/aromatic N) is 3. The molecule has 3 aromatic carbocycles. The first-order valence-corrected chi connectivity index (χ1v) is 23.6. The Bertz CT molecular complexity index is 2420. The Morgan fingerprint density at radius 3 is 2.27 bits per heavy atom. The fourth-order valence-corrected chi connectivity index (χ4v) is 14.2. The van der Waals surface area contributed by atoms with E-state index < -0.39 is 5.41 Å². The van der Waals surface area contributed by atoms with Gasteiger partial charge in [-0.15, -0.1) is 5.10 Å². The maximum atomic E-state index is 14.4. The monoisotopic (exact) mass is 854 g/mol. The number of esters is 3. The molecule has 5 aliphatic rings. The van der Waals surface area contributed by atoms with Crippen molar-refractivity contribution in [3.05, 3.63) is 107 Å². The Morgan fingerprint density at radius 2 is 1.48 bits per heavy atom. The molecule has 8 atom stereocenters. The lowest BCUT2D eigenvalue weighted by atomic mass is 9.33. The number of rotatable bonds is 10. The van der Waals surface area contributed by atoms with Gasteiger partial charge in [0.2, 0.25) is 0 Å². The molecule has 0 spiro atoms. The summed E-state index contributed by atoms with van der Waals surface area (Å²) in [6.45, 7) is 17.4. The number of hydrogen-bond acceptors (Lipinski definition) is 8. The highest BCUT2D eigenvalue weighted by Gasteiger charge is 2.69. The minimum absolute atomic E-state index is 0.00531. The zero-order chi connectivity index (χ0) is 44.4. The van der Waals surface area contributed by atoms with Crippen LogP contribution in [0.1, 0.15) is 129 Å². The molecule has 0 bridgehead atoms. The Labute approximate surface area is 373 Å². The molecule has 0 aliphatic heterocycles. The number of aromatic nitrogens is 3. The van der Waals surface area contributed by atoms with Crippen molar-refractivity contribution in [1.29, 1.82) is 0 Å². The van der Waals surface area contributed by atoms with E-state index in [2.05, 4.69) is 64.9 Å². The molecule has 0 amide bonds. The Hall–Kier alpha value is -4.79. The van der Waals surface area contributed by atoms with Crippen LogP contribution in [0.15, 0.2) is 90.6 Å². The van der Waals surface area contributed by atoms with Crippen LogP contribution in [0.2, 0.25) is 0 Å². The van der Waals surface area contributed by atoms with Gasteiger partial charge in [-0.3, -0.25) is 14.4 Å². The van der Waals surface area contributed by atoms with Crippen LogP contribution < -0.4 is 0 Å². The first-order chi connectivity index (χ1) is 30.0. The van der Waals surface area contributed by atoms with Crippen molar-refractivity contribution in [1.82, 2.24) is 15.0 Å². The Balaban J connectivity index is 0.849. The molecule has 1 aromatic heterocycles. The third kappa shape index (κ3) is 7.63. The van der Waals surface area contributed by atoms with Crippen LogP contribution >= 0.6 is 0 Å². The lowest BCUT2D eigenvalue weighted by Crippen LogP contribution is -2.65. The van der Waals surface area contributed by atoms with Crippen LogP contribution in [0.4, 0.5) is 0 Å². The summed E-state index contributed by atoms with van der Waals surface area (Å²) in [7, 11) is 0. The summed E-state index contributed by atoms with van der Waals surface area (Å²) in [6, 6.07) is 24.1. The van der Waals surface area contributed by atoms with Crippen molar-refractivity contribution < 1.29 is 28.6 Å². The number of ether oxygens (including phenoxy) is 3. The summed E-state index contributed by atoms with van der Waals surface area (Å²) in [5.41, 5.74) is 3.56. The van der Waals surface area contributed by atoms with Crippen molar-refractivity contribution in [3.63, 3.8) is 0 Å². The van der Waals surface area contributed by atoms with E-state index in [0.717, 1.165) is 86.1 Å². The van der Waals surface area contributed by atoms with Gasteiger partial charge in [0, 0.05) is 5.41 Å². The molecule has 0 saturated heterocycles. The van der Waals surface area contributed by atoms with Gasteiger partial charge in [0.05, 0.1) is 18.0 Å². The van der Waals surface area contributed by atoms with Gasteiger partial charge in [0.25, 0.3) is 0 Å². The van der Waals surface area contributed by atoms with Crippen LogP contribution in [0.3, 0.4) is 0 Å². The third-order valence-electron chi connectivity index (χ3n) is 17.9. The lowest BCUT2D eigenvalue weighted by molar-refractivity contribution is -0.214. The highest BCUT2D eigenvalue weighted by atomic mass is 16.5. The third-order valence-corrected chi connectivity index (χ3v) is 17.9. The first-order valence-electron chi connectivity index (χ1n) is 23.6. The average molecular weight is 854 g/mol. The predicted octanol–water partition coefficient (Wildman–Crippen LogP) is 11.2. The Morgan fingerprint density at radius 1 is 0.730 bits per heavy atom. The highest BCUT2D eigenvalue weighted by Crippen LogP contribution is 2.76. The molecular formula is C54H67N3O6. The summed E-state index contributed by atoms with van der Waals surface area (Å²) in [5.74, 6) is 0.389. The maximum Gasteiger partial charge on any atom is 0.328 e. The zero-order valence-corrected chi connectivity index (χ0v) is 38.6. The molecule has 9 rings (SSSR count). The zero-order valence-electron chi connectivity index (χ0n) is 38.6. The van der Waals surface area contributed by atoms with Gasteiger partial charge in [-0.1, -0.05) is 138 Å². The smallest absolute Gasteiger partial charge is 0.328 e. The van der Waals surface area contributed by atoms with E-state index in [1.807, 2.05) is 72.8 Å². The van der Waals surface area contributed by atoms with E-state index in [1.54, 1.807) is 6.20 Å². The van der Waals surface area contributed by atoms with E-state index in [1.165, 1.54) is 10.3 Å². The molecule has 9 heteroatoms. The van der Waals surface area contributed by atoms with Gasteiger partial charge in [0.15, 0.2) is 0 Å². The molecule has 0 unspecified atom stereocenters. The molecular weight excluding hydrogens is 787 g/mol. The largest absolute Gasteiger partial charge is 0.460 e. The summed E-state index contributed by atoms with van der Waals surface area (Å²) < 4.78 is 19.6. The van der Waals surface area contributed by atoms with Crippen molar-refractivity contribution in [2.24, 2.45) is 50.2 Å². The van der Waals surface area contributed by atoms with Gasteiger partial charge in [0.1, 0.15) is 31.6 Å². The van der Waals surface area contributed by atoms with Gasteiger partial charge >= 0.3 is 17.9 Å². The molecule has 4 aromatic rings. The Kier molecular flexibility index (Phi) is 11.1. The number of hydrogen-bond donors (Lipinski definition) is 0. The van der Waals surface area contributed by atoms with E-state index in [0.29, 0.717) is 24.1 Å². The van der Waals surface area contributed by atoms with Crippen LogP contribution in [0, 0.1) is 50.2 Å². The normalized spacial score (nSPS) is 32.8. The topological polar surface area (TPSA) is 110 Å². The molecule has 0 radical (unpaired) electrons. The predicted molar refractivity (Wildman–Crippen MR) is 243 cm³/mol. The standard InChI is InChI=1S/C54H67N3O6/c1-49(2)25-27-54(48(60)62-34-36-13-9-8-10-14-36)28-26-52(6)41(42(54)31-49)19-20-44-51(5)23-22-45(50(3,4)43(51)21-24-53(44,52)7)63-47(59)33-57-32-40(55-56-57)35-61-46(58)30-37-17-18-38-15-11-12-16-39(38)29-37/h8-19,29,32,42-45H,20-28,30-31,33-35H2,1-7H3/t42-,43-,44+,45-,51-,52+,53+,54-/m0/s1. The molecule has 334 valence electrons. The second kappa shape index (κ2) is 16.0. The molecule has 1 heterocycles. The summed E-state index contributed by atoms with van der Waals surface area (Å²) in [4.78, 5) is 40.7. The van der Waals surface area contributed by atoms with Crippen molar-refractivity contribution in [2.45, 2.75) is 145 Å². The van der Waals surface area contributed by atoms with Gasteiger partial charge < -0.3 is 14.2 Å². The number of fused-ring (bicyclic) bond motifs is 8. The molecule has 9 nitrogen and oxygen atoms in total. The summed E-state index contributed by atoms with van der Waals surface area (Å²) >= 11 is 0. The fourth-order valence-electron chi connectivity index (χ4n) is 14.2. The first kappa shape index (κ1) is 43.5. The number of carbonyl (C=O) groups is 3. The second-order valence-corrected chi connectivity index (χ2v) is 22.2. The second-order valence-electron chi connectivity index (χ2n) is 22.2. The molecule has 63 heavy (non-hydrogen) atoms. The summed E-state index contributed by atoms with van der Waals surface area (Å²) in [6.07, 6.45) is 14.1. The van der Waals surface area contributed by atoms with Crippen molar-refractivity contribution in [2.75, 3.05) is 0 Å². The van der Waals surface area contributed by atoms with Gasteiger partial charge in [-0.2, -0.15) is 0 Å². The number of allylic oxidation sites excluding steroid dienone is 2. The van der Waals surface area contributed by atoms with Crippen molar-refractivity contribution >= 4 is 28.7 Å². The van der Waals surface area contributed by atoms with Gasteiger partial charge in [-0.05, 0) is 126 Å². The number of benzene rings is 3. The van der Waals surface area contributed by atoms with E-state index in [9.17, 15) is 14.4 Å². The molecule has 0 N–H and O–H groups in total. The van der Waals surface area contributed by atoms with Crippen LogP contribution in [0.25, 0.3) is 10.8 Å². The van der Waals surface area contributed by atoms with Crippen LogP contribution in [-0.4, -0.2) is 39.0 Å². The number of carbonyl (C=O) groups excluding carboxylic acids is 3. The molecule has 5 aliphatic carbocycles. The van der Waals surface area contributed by atoms with E-state index >= 15 is 0 Å². The minimum Gasteiger partial charge on any atom is -0.460 e. The van der Waals surface area contributed by atoms with Gasteiger partial charge in [-0.25, -0.2) is 4.68 Å². The van der Waals surface area contributed by atoms with Crippen molar-refractivity contribution in [3.8, 4) is 0 Å². The van der Waals surface area contributed by atoms with E-state index in [4.69, 9.17) is 14.2 Å². The van der Waals surface area contributed by atoms with Crippen LogP contribution in [0.5, 0.6) is 0 Å². The SMILES string of the molecule is CC1(C)CC[C@]2(C(=O)OCc3ccccc3)CC[C@]3(C)C(=CC[C@@H]4[C@@]5(C)CC[C@H](OC(=O)Cn6cc(COC(=O)Cc7ccc8ccccc8c7)nn6)C(C)(C)[C@@H]5CC[C@]43C)[C@@H]2C1. The maximum absolute atomic E-state index is 14.4. The fraction of sp³-hybridized carbons (Fsp3) is 0.574. The van der Waals surface area contributed by atoms with Crippen LogP contribution in [-0.2, 0) is 54.8 Å². The highest BCUT2D eigenvalue weighted by molar-refractivity contribution is 5.84. The quantitative estimate of drug-likeness (QED) is 0.0881.